The first-order valence-electron chi connectivity index (χ1n) is 7.31. The van der Waals surface area contributed by atoms with Crippen molar-refractivity contribution in [1.29, 1.82) is 0 Å². The molecule has 0 spiro atoms. The third kappa shape index (κ3) is 3.45. The molecule has 0 aliphatic carbocycles. The first kappa shape index (κ1) is 15.0. The Bertz CT molecular complexity index is 822. The summed E-state index contributed by atoms with van der Waals surface area (Å²) >= 11 is 0. The van der Waals surface area contributed by atoms with Crippen LogP contribution >= 0.6 is 0 Å². The van der Waals surface area contributed by atoms with Crippen molar-refractivity contribution in [1.82, 2.24) is 10.0 Å². The molecule has 1 N–H and O–H groups in total. The summed E-state index contributed by atoms with van der Waals surface area (Å²) in [4.78, 5) is 16.2. The van der Waals surface area contributed by atoms with Crippen molar-refractivity contribution in [2.75, 3.05) is 7.11 Å². The van der Waals surface area contributed by atoms with Gasteiger partial charge in [-0.15, -0.1) is 0 Å². The van der Waals surface area contributed by atoms with Gasteiger partial charge in [0.15, 0.2) is 5.75 Å². The minimum absolute atomic E-state index is 0.237. The minimum atomic E-state index is -0.237. The molecule has 0 atom stereocenters. The Balaban J connectivity index is 1.84. The van der Waals surface area contributed by atoms with Crippen molar-refractivity contribution in [3.8, 4) is 11.5 Å². The number of carbonyl (C=O) groups excluding carboxylic acids is 1. The van der Waals surface area contributed by atoms with E-state index in [-0.39, 0.29) is 5.91 Å². The standard InChI is InChI=1S/C18H18N2O3/c1-13(21)19-23-17-8-5-15-9-10-20(18(15)11-17)12-14-3-6-16(22-2)7-4-14/h3-11H,12H2,1-2H3,(H,19,21). The number of nitrogens with zero attached hydrogens (tertiary/aromatic N) is 1. The molecule has 5 heteroatoms. The van der Waals surface area contributed by atoms with Crippen LogP contribution in [0.5, 0.6) is 11.5 Å². The van der Waals surface area contributed by atoms with Crippen molar-refractivity contribution in [3.05, 3.63) is 60.3 Å². The van der Waals surface area contributed by atoms with Gasteiger partial charge in [0.2, 0.25) is 5.91 Å². The fraction of sp³-hybridized carbons (Fsp3) is 0.167. The Morgan fingerprint density at radius 2 is 1.83 bits per heavy atom. The molecule has 0 fully saturated rings. The van der Waals surface area contributed by atoms with Crippen LogP contribution in [-0.2, 0) is 11.3 Å². The highest BCUT2D eigenvalue weighted by Gasteiger charge is 2.05. The smallest absolute Gasteiger partial charge is 0.249 e. The number of rotatable bonds is 5. The highest BCUT2D eigenvalue weighted by molar-refractivity contribution is 5.81. The predicted octanol–water partition coefficient (Wildman–Crippen LogP) is 3.13. The molecule has 0 aliphatic heterocycles. The first-order chi connectivity index (χ1) is 11.2. The maximum atomic E-state index is 10.9. The molecular formula is C18H18N2O3. The number of methoxy groups -OCH3 is 1. The van der Waals surface area contributed by atoms with Gasteiger partial charge < -0.3 is 14.1 Å². The summed E-state index contributed by atoms with van der Waals surface area (Å²) < 4.78 is 7.32. The van der Waals surface area contributed by atoms with Crippen molar-refractivity contribution >= 4 is 16.8 Å². The quantitative estimate of drug-likeness (QED) is 0.737. The van der Waals surface area contributed by atoms with E-state index in [9.17, 15) is 4.79 Å². The van der Waals surface area contributed by atoms with E-state index in [1.54, 1.807) is 7.11 Å². The molecule has 0 unspecified atom stereocenters. The average Bonchev–Trinajstić information content (AvgIpc) is 2.96. The van der Waals surface area contributed by atoms with E-state index in [2.05, 4.69) is 16.1 Å². The summed E-state index contributed by atoms with van der Waals surface area (Å²) in [5.41, 5.74) is 4.56. The Hall–Kier alpha value is -2.95. The number of hydroxylamine groups is 1. The van der Waals surface area contributed by atoms with E-state index in [0.717, 1.165) is 23.2 Å². The number of fused-ring (bicyclic) bond motifs is 1. The topological polar surface area (TPSA) is 52.5 Å². The zero-order valence-electron chi connectivity index (χ0n) is 13.1. The molecule has 0 saturated heterocycles. The fourth-order valence-corrected chi connectivity index (χ4v) is 2.42. The number of amides is 1. The van der Waals surface area contributed by atoms with Crippen molar-refractivity contribution in [2.45, 2.75) is 13.5 Å². The monoisotopic (exact) mass is 310 g/mol. The molecule has 0 radical (unpaired) electrons. The number of aromatic nitrogens is 1. The lowest BCUT2D eigenvalue weighted by atomic mass is 10.2. The van der Waals surface area contributed by atoms with Gasteiger partial charge in [0.05, 0.1) is 12.6 Å². The predicted molar refractivity (Wildman–Crippen MR) is 88.5 cm³/mol. The van der Waals surface area contributed by atoms with Gasteiger partial charge in [0.1, 0.15) is 5.75 Å². The highest BCUT2D eigenvalue weighted by Crippen LogP contribution is 2.23. The summed E-state index contributed by atoms with van der Waals surface area (Å²) in [5.74, 6) is 1.21. The Labute approximate surface area is 134 Å². The van der Waals surface area contributed by atoms with Gasteiger partial charge in [0.25, 0.3) is 0 Å². The third-order valence-corrected chi connectivity index (χ3v) is 3.57. The lowest BCUT2D eigenvalue weighted by Gasteiger charge is -2.09. The number of hydrogen-bond donors (Lipinski definition) is 1. The Morgan fingerprint density at radius 1 is 1.09 bits per heavy atom. The molecule has 3 aromatic rings. The average molecular weight is 310 g/mol. The normalized spacial score (nSPS) is 10.5. The van der Waals surface area contributed by atoms with Crippen molar-refractivity contribution in [3.63, 3.8) is 0 Å². The van der Waals surface area contributed by atoms with Crippen LogP contribution in [-0.4, -0.2) is 17.6 Å². The van der Waals surface area contributed by atoms with Gasteiger partial charge in [-0.2, -0.15) is 5.48 Å². The molecule has 5 nitrogen and oxygen atoms in total. The third-order valence-electron chi connectivity index (χ3n) is 3.57. The fourth-order valence-electron chi connectivity index (χ4n) is 2.42. The van der Waals surface area contributed by atoms with Crippen LogP contribution in [0.15, 0.2) is 54.7 Å². The summed E-state index contributed by atoms with van der Waals surface area (Å²) in [6.07, 6.45) is 2.04. The first-order valence-corrected chi connectivity index (χ1v) is 7.31. The maximum Gasteiger partial charge on any atom is 0.249 e. The van der Waals surface area contributed by atoms with Crippen LogP contribution in [0.4, 0.5) is 0 Å². The van der Waals surface area contributed by atoms with E-state index in [0.29, 0.717) is 5.75 Å². The van der Waals surface area contributed by atoms with E-state index in [1.807, 2.05) is 48.7 Å². The summed E-state index contributed by atoms with van der Waals surface area (Å²) in [7, 11) is 1.66. The Kier molecular flexibility index (Phi) is 4.19. The van der Waals surface area contributed by atoms with Gasteiger partial charge >= 0.3 is 0 Å². The van der Waals surface area contributed by atoms with Crippen LogP contribution in [0, 0.1) is 0 Å². The molecular weight excluding hydrogens is 292 g/mol. The number of nitrogens with one attached hydrogen (secondary N) is 1. The molecule has 0 aliphatic rings. The molecule has 3 rings (SSSR count). The van der Waals surface area contributed by atoms with Gasteiger partial charge in [-0.25, -0.2) is 0 Å². The van der Waals surface area contributed by atoms with Crippen LogP contribution in [0.3, 0.4) is 0 Å². The maximum absolute atomic E-state index is 10.9. The van der Waals surface area contributed by atoms with Crippen molar-refractivity contribution < 1.29 is 14.4 Å². The summed E-state index contributed by atoms with van der Waals surface area (Å²) in [6, 6.07) is 15.8. The number of ether oxygens (including phenoxy) is 1. The second-order valence-electron chi connectivity index (χ2n) is 5.27. The zero-order valence-corrected chi connectivity index (χ0v) is 13.1. The van der Waals surface area contributed by atoms with E-state index in [4.69, 9.17) is 9.57 Å². The second-order valence-corrected chi connectivity index (χ2v) is 5.27. The SMILES string of the molecule is COc1ccc(Cn2ccc3ccc(ONC(C)=O)cc32)cc1. The van der Waals surface area contributed by atoms with Gasteiger partial charge in [-0.05, 0) is 41.3 Å². The lowest BCUT2D eigenvalue weighted by molar-refractivity contribution is -0.125. The summed E-state index contributed by atoms with van der Waals surface area (Å²) in [6.45, 7) is 2.15. The largest absolute Gasteiger partial charge is 0.497 e. The molecule has 23 heavy (non-hydrogen) atoms. The van der Waals surface area contributed by atoms with E-state index in [1.165, 1.54) is 12.5 Å². The van der Waals surface area contributed by atoms with Crippen LogP contribution in [0.1, 0.15) is 12.5 Å². The van der Waals surface area contributed by atoms with Gasteiger partial charge in [-0.3, -0.25) is 4.79 Å². The molecule has 1 amide bonds. The number of benzene rings is 2. The van der Waals surface area contributed by atoms with Crippen LogP contribution in [0.2, 0.25) is 0 Å². The number of hydrogen-bond acceptors (Lipinski definition) is 3. The lowest BCUT2D eigenvalue weighted by Crippen LogP contribution is -2.23. The highest BCUT2D eigenvalue weighted by atomic mass is 16.7. The molecule has 1 aromatic heterocycles. The molecule has 0 saturated carbocycles. The molecule has 1 heterocycles. The summed E-state index contributed by atoms with van der Waals surface area (Å²) in [5, 5.41) is 1.12. The zero-order chi connectivity index (χ0) is 16.2. The van der Waals surface area contributed by atoms with E-state index < -0.39 is 0 Å². The molecule has 118 valence electrons. The van der Waals surface area contributed by atoms with Crippen LogP contribution in [0.25, 0.3) is 10.9 Å². The Morgan fingerprint density at radius 3 is 2.52 bits per heavy atom. The second kappa shape index (κ2) is 6.44. The van der Waals surface area contributed by atoms with Crippen molar-refractivity contribution in [2.24, 2.45) is 0 Å². The minimum Gasteiger partial charge on any atom is -0.497 e. The molecule has 2 aromatic carbocycles. The molecule has 0 bridgehead atoms. The number of carbonyl (C=O) groups is 1. The van der Waals surface area contributed by atoms with Crippen LogP contribution < -0.4 is 15.1 Å². The van der Waals surface area contributed by atoms with E-state index >= 15 is 0 Å². The van der Waals surface area contributed by atoms with Gasteiger partial charge in [0, 0.05) is 25.7 Å². The van der Waals surface area contributed by atoms with Gasteiger partial charge in [-0.1, -0.05) is 12.1 Å².